The second kappa shape index (κ2) is 10.8. The lowest BCUT2D eigenvalue weighted by Gasteiger charge is -2.29. The molecule has 0 aliphatic heterocycles. The maximum atomic E-state index is 4.22. The molecule has 5 aromatic rings. The first-order valence-corrected chi connectivity index (χ1v) is 14.1. The largest absolute Gasteiger partial charge is 0.0984 e. The third kappa shape index (κ3) is 4.67. The molecule has 0 spiro atoms. The Labute approximate surface area is 205 Å². The van der Waals surface area contributed by atoms with Crippen molar-refractivity contribution in [2.75, 3.05) is 0 Å². The molecule has 0 aliphatic carbocycles. The molecule has 34 heavy (non-hydrogen) atoms. The smallest absolute Gasteiger partial charge is 0.000479 e. The normalized spacial score (nSPS) is 11.0. The van der Waals surface area contributed by atoms with Gasteiger partial charge < -0.3 is 0 Å². The van der Waals surface area contributed by atoms with Crippen molar-refractivity contribution < 1.29 is 0 Å². The van der Waals surface area contributed by atoms with Crippen LogP contribution in [0.5, 0.6) is 0 Å². The summed E-state index contributed by atoms with van der Waals surface area (Å²) in [6.45, 7) is 4.22. The SMILES string of the molecule is C=Cc1cccc(P(c2ccccc2)c2ccccc2)c1P(c1ccccc1)c1ccccc1. The quantitative estimate of drug-likeness (QED) is 0.261. The fourth-order valence-corrected chi connectivity index (χ4v) is 9.73. The standard InChI is InChI=1S/C32H26P2/c1-2-26-16-15-25-31(33(27-17-7-3-8-18-27)28-19-9-4-10-20-28)32(26)34(29-21-11-5-12-22-29)30-23-13-6-14-24-30/h2-25H,1H2. The average molecular weight is 473 g/mol. The van der Waals surface area contributed by atoms with Gasteiger partial charge in [-0.2, -0.15) is 0 Å². The summed E-state index contributed by atoms with van der Waals surface area (Å²) in [6.07, 6.45) is 2.03. The first-order valence-electron chi connectivity index (χ1n) is 11.4. The maximum absolute atomic E-state index is 4.22. The van der Waals surface area contributed by atoms with Crippen LogP contribution in [-0.4, -0.2) is 0 Å². The van der Waals surface area contributed by atoms with Crippen molar-refractivity contribution in [2.24, 2.45) is 0 Å². The molecule has 0 unspecified atom stereocenters. The van der Waals surface area contributed by atoms with E-state index in [0.29, 0.717) is 0 Å². The molecule has 0 heterocycles. The van der Waals surface area contributed by atoms with E-state index in [4.69, 9.17) is 0 Å². The maximum Gasteiger partial charge on any atom is 0.000479 e. The van der Waals surface area contributed by atoms with Crippen molar-refractivity contribution in [3.63, 3.8) is 0 Å². The number of hydrogen-bond acceptors (Lipinski definition) is 0. The first kappa shape index (κ1) is 22.5. The predicted octanol–water partition coefficient (Wildman–Crippen LogP) is 5.85. The molecule has 0 N–H and O–H groups in total. The van der Waals surface area contributed by atoms with Gasteiger partial charge in [0.25, 0.3) is 0 Å². The zero-order valence-corrected chi connectivity index (χ0v) is 20.7. The molecule has 0 amide bonds. The van der Waals surface area contributed by atoms with E-state index in [1.54, 1.807) is 0 Å². The monoisotopic (exact) mass is 472 g/mol. The van der Waals surface area contributed by atoms with E-state index >= 15 is 0 Å². The number of hydrogen-bond donors (Lipinski definition) is 0. The summed E-state index contributed by atoms with van der Waals surface area (Å²) in [6, 6.07) is 50.6. The predicted molar refractivity (Wildman–Crippen MR) is 154 cm³/mol. The van der Waals surface area contributed by atoms with Crippen molar-refractivity contribution in [2.45, 2.75) is 0 Å². The molecule has 0 saturated heterocycles. The third-order valence-electron chi connectivity index (χ3n) is 5.79. The van der Waals surface area contributed by atoms with E-state index in [0.717, 1.165) is 0 Å². The van der Waals surface area contributed by atoms with Crippen molar-refractivity contribution in [3.05, 3.63) is 152 Å². The van der Waals surface area contributed by atoms with Gasteiger partial charge in [-0.15, -0.1) is 0 Å². The van der Waals surface area contributed by atoms with Gasteiger partial charge in [0.05, 0.1) is 0 Å². The summed E-state index contributed by atoms with van der Waals surface area (Å²) in [4.78, 5) is 0. The van der Waals surface area contributed by atoms with Crippen LogP contribution in [0.15, 0.2) is 146 Å². The van der Waals surface area contributed by atoms with Gasteiger partial charge in [0, 0.05) is 5.30 Å². The highest BCUT2D eigenvalue weighted by Crippen LogP contribution is 2.40. The molecule has 0 fully saturated rings. The topological polar surface area (TPSA) is 0 Å². The lowest BCUT2D eigenvalue weighted by atomic mass is 10.2. The van der Waals surface area contributed by atoms with Crippen LogP contribution >= 0.6 is 15.8 Å². The Morgan fingerprint density at radius 2 is 0.794 bits per heavy atom. The van der Waals surface area contributed by atoms with Gasteiger partial charge in [0.2, 0.25) is 0 Å². The van der Waals surface area contributed by atoms with Gasteiger partial charge in [0.15, 0.2) is 0 Å². The van der Waals surface area contributed by atoms with Crippen molar-refractivity contribution >= 4 is 53.7 Å². The minimum atomic E-state index is -0.762. The molecular formula is C32H26P2. The van der Waals surface area contributed by atoms with Crippen molar-refractivity contribution in [3.8, 4) is 0 Å². The van der Waals surface area contributed by atoms with E-state index in [1.807, 2.05) is 6.08 Å². The third-order valence-corrected chi connectivity index (χ3v) is 11.0. The fourth-order valence-electron chi connectivity index (χ4n) is 4.28. The Kier molecular flexibility index (Phi) is 7.11. The Morgan fingerprint density at radius 1 is 0.412 bits per heavy atom. The van der Waals surface area contributed by atoms with Crippen LogP contribution in [0.1, 0.15) is 5.56 Å². The first-order chi connectivity index (χ1) is 16.9. The highest BCUT2D eigenvalue weighted by molar-refractivity contribution is 7.85. The minimum Gasteiger partial charge on any atom is -0.0984 e. The Morgan fingerprint density at radius 3 is 1.18 bits per heavy atom. The molecular weight excluding hydrogens is 446 g/mol. The summed E-state index contributed by atoms with van der Waals surface area (Å²) >= 11 is 0. The molecule has 0 bridgehead atoms. The van der Waals surface area contributed by atoms with E-state index < -0.39 is 15.8 Å². The molecule has 0 radical (unpaired) electrons. The number of rotatable bonds is 7. The lowest BCUT2D eigenvalue weighted by molar-refractivity contribution is 1.72. The van der Waals surface area contributed by atoms with Crippen LogP contribution in [0.4, 0.5) is 0 Å². The molecule has 5 aromatic carbocycles. The van der Waals surface area contributed by atoms with Gasteiger partial charge >= 0.3 is 0 Å². The molecule has 0 saturated carbocycles. The van der Waals surface area contributed by atoms with E-state index in [-0.39, 0.29) is 0 Å². The van der Waals surface area contributed by atoms with Crippen LogP contribution in [0, 0.1) is 0 Å². The van der Waals surface area contributed by atoms with Gasteiger partial charge in [-0.25, -0.2) is 0 Å². The van der Waals surface area contributed by atoms with Crippen LogP contribution in [0.3, 0.4) is 0 Å². The zero-order valence-electron chi connectivity index (χ0n) is 19.0. The summed E-state index contributed by atoms with van der Waals surface area (Å²) in [5.74, 6) is 0. The summed E-state index contributed by atoms with van der Waals surface area (Å²) < 4.78 is 0. The Balaban J connectivity index is 1.82. The van der Waals surface area contributed by atoms with Gasteiger partial charge in [0.1, 0.15) is 0 Å². The molecule has 0 nitrogen and oxygen atoms in total. The van der Waals surface area contributed by atoms with Gasteiger partial charge in [-0.3, -0.25) is 0 Å². The van der Waals surface area contributed by atoms with E-state index in [9.17, 15) is 0 Å². The fraction of sp³-hybridized carbons (Fsp3) is 0. The summed E-state index contributed by atoms with van der Waals surface area (Å²) in [5.41, 5.74) is 1.22. The summed E-state index contributed by atoms with van der Waals surface area (Å²) in [5, 5.41) is 8.25. The second-order valence-corrected chi connectivity index (χ2v) is 12.3. The Bertz CT molecular complexity index is 1270. The molecule has 164 valence electrons. The average Bonchev–Trinajstić information content (AvgIpc) is 2.92. The molecule has 5 rings (SSSR count). The second-order valence-electron chi connectivity index (χ2n) is 7.93. The highest BCUT2D eigenvalue weighted by Gasteiger charge is 2.27. The zero-order chi connectivity index (χ0) is 23.2. The summed E-state index contributed by atoms with van der Waals surface area (Å²) in [7, 11) is -1.50. The van der Waals surface area contributed by atoms with Crippen LogP contribution in [0.2, 0.25) is 0 Å². The van der Waals surface area contributed by atoms with Crippen molar-refractivity contribution in [1.82, 2.24) is 0 Å². The molecule has 0 atom stereocenters. The molecule has 0 aliphatic rings. The van der Waals surface area contributed by atoms with Crippen LogP contribution in [0.25, 0.3) is 6.08 Å². The molecule has 0 aromatic heterocycles. The van der Waals surface area contributed by atoms with Crippen molar-refractivity contribution in [1.29, 1.82) is 0 Å². The minimum absolute atomic E-state index is 0.733. The number of benzene rings is 5. The van der Waals surface area contributed by atoms with Crippen LogP contribution < -0.4 is 31.8 Å². The van der Waals surface area contributed by atoms with E-state index in [2.05, 4.69) is 146 Å². The highest BCUT2D eigenvalue weighted by atomic mass is 31.1. The van der Waals surface area contributed by atoms with Gasteiger partial charge in [-0.1, -0.05) is 152 Å². The van der Waals surface area contributed by atoms with Gasteiger partial charge in [-0.05, 0) is 47.9 Å². The molecule has 2 heteroatoms. The van der Waals surface area contributed by atoms with E-state index in [1.165, 1.54) is 37.4 Å². The lowest BCUT2D eigenvalue weighted by Crippen LogP contribution is -2.36. The Hall–Kier alpha value is -3.30. The van der Waals surface area contributed by atoms with Crippen LogP contribution in [-0.2, 0) is 0 Å².